The van der Waals surface area contributed by atoms with Crippen LogP contribution in [0.15, 0.2) is 35.1 Å². The van der Waals surface area contributed by atoms with E-state index >= 15 is 0 Å². The minimum absolute atomic E-state index is 0.140. The van der Waals surface area contributed by atoms with Gasteiger partial charge in [0.15, 0.2) is 5.43 Å². The van der Waals surface area contributed by atoms with Crippen molar-refractivity contribution in [3.63, 3.8) is 0 Å². The second kappa shape index (κ2) is 5.04. The summed E-state index contributed by atoms with van der Waals surface area (Å²) in [6.45, 7) is 4.63. The van der Waals surface area contributed by atoms with Crippen LogP contribution < -0.4 is 10.7 Å². The Kier molecular flexibility index (Phi) is 3.46. The highest BCUT2D eigenvalue weighted by Gasteiger charge is 2.09. The first-order valence-electron chi connectivity index (χ1n) is 5.98. The van der Waals surface area contributed by atoms with Crippen LogP contribution in [0.1, 0.15) is 24.3 Å². The van der Waals surface area contributed by atoms with Crippen molar-refractivity contribution in [1.82, 2.24) is 10.3 Å². The van der Waals surface area contributed by atoms with Gasteiger partial charge in [-0.05, 0) is 18.1 Å². The van der Waals surface area contributed by atoms with Crippen LogP contribution in [0.3, 0.4) is 0 Å². The number of pyridine rings is 1. The number of amides is 1. The average Bonchev–Trinajstić information content (AvgIpc) is 2.36. The Hall–Kier alpha value is -2.10. The molecule has 0 spiro atoms. The summed E-state index contributed by atoms with van der Waals surface area (Å²) in [4.78, 5) is 26.7. The zero-order valence-electron chi connectivity index (χ0n) is 10.5. The lowest BCUT2D eigenvalue weighted by Crippen LogP contribution is -2.29. The van der Waals surface area contributed by atoms with Gasteiger partial charge in [-0.15, -0.1) is 0 Å². The summed E-state index contributed by atoms with van der Waals surface area (Å²) in [5.74, 6) is 0.132. The van der Waals surface area contributed by atoms with E-state index in [1.165, 1.54) is 6.07 Å². The lowest BCUT2D eigenvalue weighted by molar-refractivity contribution is 0.0944. The zero-order valence-corrected chi connectivity index (χ0v) is 10.5. The number of benzene rings is 1. The number of H-pyrrole nitrogens is 1. The fraction of sp³-hybridized carbons (Fsp3) is 0.286. The van der Waals surface area contributed by atoms with Crippen LogP contribution in [0.25, 0.3) is 10.9 Å². The standard InChI is InChI=1S/C14H16N2O2/c1-9(2)8-15-14(18)12-7-13(17)10-5-3-4-6-11(10)16-12/h3-7,9H,8H2,1-2H3,(H,15,18)(H,16,17). The predicted octanol–water partition coefficient (Wildman–Crippen LogP) is 1.91. The van der Waals surface area contributed by atoms with Gasteiger partial charge >= 0.3 is 0 Å². The summed E-state index contributed by atoms with van der Waals surface area (Å²) in [6, 6.07) is 8.50. The van der Waals surface area contributed by atoms with Crippen LogP contribution in [-0.2, 0) is 0 Å². The topological polar surface area (TPSA) is 62.0 Å². The molecule has 0 unspecified atom stereocenters. The summed E-state index contributed by atoms with van der Waals surface area (Å²) < 4.78 is 0. The molecule has 1 amide bonds. The quantitative estimate of drug-likeness (QED) is 0.866. The molecule has 0 saturated carbocycles. The van der Waals surface area contributed by atoms with E-state index in [4.69, 9.17) is 0 Å². The molecular formula is C14H16N2O2. The number of para-hydroxylation sites is 1. The van der Waals surface area contributed by atoms with Crippen LogP contribution in [-0.4, -0.2) is 17.4 Å². The third-order valence-corrected chi connectivity index (χ3v) is 2.65. The number of hydrogen-bond acceptors (Lipinski definition) is 2. The lowest BCUT2D eigenvalue weighted by atomic mass is 10.2. The first kappa shape index (κ1) is 12.4. The average molecular weight is 244 g/mol. The van der Waals surface area contributed by atoms with E-state index in [0.717, 1.165) is 0 Å². The Labute approximate surface area is 105 Å². The van der Waals surface area contributed by atoms with E-state index in [1.54, 1.807) is 18.2 Å². The maximum atomic E-state index is 11.9. The van der Waals surface area contributed by atoms with Crippen LogP contribution in [0, 0.1) is 5.92 Å². The largest absolute Gasteiger partial charge is 0.351 e. The van der Waals surface area contributed by atoms with Gasteiger partial charge in [-0.1, -0.05) is 26.0 Å². The highest BCUT2D eigenvalue weighted by Crippen LogP contribution is 2.07. The smallest absolute Gasteiger partial charge is 0.267 e. The van der Waals surface area contributed by atoms with Crippen molar-refractivity contribution in [1.29, 1.82) is 0 Å². The first-order chi connectivity index (χ1) is 8.58. The summed E-state index contributed by atoms with van der Waals surface area (Å²) in [7, 11) is 0. The van der Waals surface area contributed by atoms with Crippen LogP contribution in [0.5, 0.6) is 0 Å². The molecule has 0 atom stereocenters. The first-order valence-corrected chi connectivity index (χ1v) is 5.98. The molecule has 2 rings (SSSR count). The van der Waals surface area contributed by atoms with Gasteiger partial charge in [-0.25, -0.2) is 0 Å². The van der Waals surface area contributed by atoms with Crippen molar-refractivity contribution in [2.75, 3.05) is 6.54 Å². The van der Waals surface area contributed by atoms with Crippen molar-refractivity contribution in [2.24, 2.45) is 5.92 Å². The van der Waals surface area contributed by atoms with E-state index < -0.39 is 0 Å². The SMILES string of the molecule is CC(C)CNC(=O)c1cc(=O)c2ccccc2[nH]1. The normalized spacial score (nSPS) is 10.8. The van der Waals surface area contributed by atoms with Crippen molar-refractivity contribution in [3.05, 3.63) is 46.2 Å². The molecule has 0 saturated heterocycles. The fourth-order valence-electron chi connectivity index (χ4n) is 1.71. The van der Waals surface area contributed by atoms with Gasteiger partial charge in [0, 0.05) is 23.5 Å². The number of rotatable bonds is 3. The van der Waals surface area contributed by atoms with Gasteiger partial charge in [-0.3, -0.25) is 9.59 Å². The van der Waals surface area contributed by atoms with Crippen molar-refractivity contribution >= 4 is 16.8 Å². The molecule has 0 fully saturated rings. The highest BCUT2D eigenvalue weighted by molar-refractivity contribution is 5.94. The second-order valence-electron chi connectivity index (χ2n) is 4.70. The Morgan fingerprint density at radius 3 is 2.78 bits per heavy atom. The van der Waals surface area contributed by atoms with Crippen LogP contribution in [0.2, 0.25) is 0 Å². The highest BCUT2D eigenvalue weighted by atomic mass is 16.2. The third-order valence-electron chi connectivity index (χ3n) is 2.65. The van der Waals surface area contributed by atoms with E-state index in [0.29, 0.717) is 29.1 Å². The molecule has 1 aromatic heterocycles. The van der Waals surface area contributed by atoms with E-state index in [-0.39, 0.29) is 11.3 Å². The molecule has 0 bridgehead atoms. The van der Waals surface area contributed by atoms with Crippen molar-refractivity contribution in [2.45, 2.75) is 13.8 Å². The minimum Gasteiger partial charge on any atom is -0.351 e. The summed E-state index contributed by atoms with van der Waals surface area (Å²) >= 11 is 0. The maximum absolute atomic E-state index is 11.9. The number of fused-ring (bicyclic) bond motifs is 1. The van der Waals surface area contributed by atoms with Gasteiger partial charge in [0.2, 0.25) is 0 Å². The Morgan fingerprint density at radius 1 is 1.33 bits per heavy atom. The molecule has 0 radical (unpaired) electrons. The van der Waals surface area contributed by atoms with Crippen molar-refractivity contribution in [3.8, 4) is 0 Å². The van der Waals surface area contributed by atoms with Gasteiger partial charge in [-0.2, -0.15) is 0 Å². The molecule has 1 aromatic carbocycles. The molecule has 4 nitrogen and oxygen atoms in total. The van der Waals surface area contributed by atoms with E-state index in [9.17, 15) is 9.59 Å². The molecule has 4 heteroatoms. The molecular weight excluding hydrogens is 228 g/mol. The predicted molar refractivity (Wildman–Crippen MR) is 71.7 cm³/mol. The van der Waals surface area contributed by atoms with E-state index in [1.807, 2.05) is 19.9 Å². The van der Waals surface area contributed by atoms with Crippen LogP contribution >= 0.6 is 0 Å². The molecule has 0 aliphatic rings. The Bertz CT molecular complexity index is 629. The minimum atomic E-state index is -0.244. The zero-order chi connectivity index (χ0) is 13.1. The lowest BCUT2D eigenvalue weighted by Gasteiger charge is -2.08. The summed E-state index contributed by atoms with van der Waals surface area (Å²) in [5.41, 5.74) is 0.845. The third kappa shape index (κ3) is 2.59. The number of aromatic nitrogens is 1. The molecule has 18 heavy (non-hydrogen) atoms. The summed E-state index contributed by atoms with van der Waals surface area (Å²) in [6.07, 6.45) is 0. The molecule has 2 N–H and O–H groups in total. The monoisotopic (exact) mass is 244 g/mol. The Morgan fingerprint density at radius 2 is 2.06 bits per heavy atom. The maximum Gasteiger partial charge on any atom is 0.267 e. The number of nitrogens with one attached hydrogen (secondary N) is 2. The summed E-state index contributed by atoms with van der Waals surface area (Å²) in [5, 5.41) is 3.38. The van der Waals surface area contributed by atoms with Crippen molar-refractivity contribution < 1.29 is 4.79 Å². The molecule has 0 aliphatic carbocycles. The van der Waals surface area contributed by atoms with Crippen LogP contribution in [0.4, 0.5) is 0 Å². The molecule has 94 valence electrons. The van der Waals surface area contributed by atoms with Gasteiger partial charge in [0.05, 0.1) is 0 Å². The molecule has 0 aliphatic heterocycles. The fourth-order valence-corrected chi connectivity index (χ4v) is 1.71. The number of carbonyl (C=O) groups is 1. The van der Waals surface area contributed by atoms with Gasteiger partial charge in [0.25, 0.3) is 5.91 Å². The number of carbonyl (C=O) groups excluding carboxylic acids is 1. The molecule has 1 heterocycles. The van der Waals surface area contributed by atoms with Gasteiger partial charge < -0.3 is 10.3 Å². The Balaban J connectivity index is 2.35. The van der Waals surface area contributed by atoms with E-state index in [2.05, 4.69) is 10.3 Å². The number of aromatic amines is 1. The number of hydrogen-bond donors (Lipinski definition) is 2. The second-order valence-corrected chi connectivity index (χ2v) is 4.70. The van der Waals surface area contributed by atoms with Gasteiger partial charge in [0.1, 0.15) is 5.69 Å². The molecule has 2 aromatic rings.